The molecule has 0 radical (unpaired) electrons. The van der Waals surface area contributed by atoms with Gasteiger partial charge < -0.3 is 10.1 Å². The lowest BCUT2D eigenvalue weighted by Gasteiger charge is -2.33. The van der Waals surface area contributed by atoms with Crippen molar-refractivity contribution in [3.05, 3.63) is 35.9 Å². The molecule has 2 heteroatoms. The van der Waals surface area contributed by atoms with Crippen LogP contribution in [0, 0.1) is 5.92 Å². The summed E-state index contributed by atoms with van der Waals surface area (Å²) in [6, 6.07) is 11.6. The summed E-state index contributed by atoms with van der Waals surface area (Å²) in [5, 5.41) is 3.62. The molecule has 0 amide bonds. The Morgan fingerprint density at radius 3 is 2.52 bits per heavy atom. The second-order valence-electron chi connectivity index (χ2n) is 6.90. The number of benzene rings is 1. The van der Waals surface area contributed by atoms with E-state index in [1.807, 2.05) is 0 Å². The second kappa shape index (κ2) is 7.42. The molecule has 1 saturated heterocycles. The van der Waals surface area contributed by atoms with E-state index in [0.717, 1.165) is 18.4 Å². The molecule has 0 aromatic heterocycles. The fraction of sp³-hybridized carbons (Fsp3) is 0.684. The lowest BCUT2D eigenvalue weighted by atomic mass is 9.83. The topological polar surface area (TPSA) is 21.3 Å². The predicted octanol–water partition coefficient (Wildman–Crippen LogP) is 4.12. The van der Waals surface area contributed by atoms with Gasteiger partial charge in [0.2, 0.25) is 0 Å². The summed E-state index contributed by atoms with van der Waals surface area (Å²) in [4.78, 5) is 0. The molecule has 1 aliphatic heterocycles. The standard InChI is InChI=1S/C19H29NO/c1-15-6-5-13-20-19(15)14-21-18-11-9-17(10-12-18)16-7-3-2-4-8-16/h2-4,7-8,15,17-20H,5-6,9-14H2,1H3/t15-,17-,18+,19-/m0/s1. The molecule has 21 heavy (non-hydrogen) atoms. The van der Waals surface area contributed by atoms with Crippen LogP contribution < -0.4 is 5.32 Å². The van der Waals surface area contributed by atoms with Crippen LogP contribution in [0.2, 0.25) is 0 Å². The first-order valence-electron chi connectivity index (χ1n) is 8.73. The van der Waals surface area contributed by atoms with E-state index in [-0.39, 0.29) is 0 Å². The number of hydrogen-bond acceptors (Lipinski definition) is 2. The van der Waals surface area contributed by atoms with Crippen molar-refractivity contribution >= 4 is 0 Å². The summed E-state index contributed by atoms with van der Waals surface area (Å²) in [6.45, 7) is 4.42. The van der Waals surface area contributed by atoms with Crippen molar-refractivity contribution in [1.29, 1.82) is 0 Å². The highest BCUT2D eigenvalue weighted by Crippen LogP contribution is 2.34. The SMILES string of the molecule is C[C@H]1CCCN[C@H]1CO[C@H]1CC[C@@H](c2ccccc2)CC1. The Hall–Kier alpha value is -0.860. The lowest BCUT2D eigenvalue weighted by molar-refractivity contribution is 0.00117. The number of rotatable bonds is 4. The zero-order valence-corrected chi connectivity index (χ0v) is 13.3. The maximum absolute atomic E-state index is 6.21. The minimum Gasteiger partial charge on any atom is -0.377 e. The molecule has 116 valence electrons. The maximum atomic E-state index is 6.21. The first-order valence-corrected chi connectivity index (χ1v) is 8.73. The van der Waals surface area contributed by atoms with E-state index in [0.29, 0.717) is 12.1 Å². The van der Waals surface area contributed by atoms with Crippen molar-refractivity contribution in [1.82, 2.24) is 5.32 Å². The van der Waals surface area contributed by atoms with E-state index in [1.165, 1.54) is 50.6 Å². The van der Waals surface area contributed by atoms with Gasteiger partial charge in [-0.1, -0.05) is 37.3 Å². The van der Waals surface area contributed by atoms with Gasteiger partial charge in [0.1, 0.15) is 0 Å². The van der Waals surface area contributed by atoms with Crippen LogP contribution in [-0.2, 0) is 4.74 Å². The van der Waals surface area contributed by atoms with E-state index < -0.39 is 0 Å². The quantitative estimate of drug-likeness (QED) is 0.899. The minimum atomic E-state index is 0.487. The Morgan fingerprint density at radius 2 is 1.81 bits per heavy atom. The highest BCUT2D eigenvalue weighted by molar-refractivity contribution is 5.19. The van der Waals surface area contributed by atoms with Gasteiger partial charge in [-0.15, -0.1) is 0 Å². The van der Waals surface area contributed by atoms with E-state index in [4.69, 9.17) is 4.74 Å². The van der Waals surface area contributed by atoms with Crippen LogP contribution >= 0.6 is 0 Å². The van der Waals surface area contributed by atoms with Crippen molar-refractivity contribution in [3.8, 4) is 0 Å². The van der Waals surface area contributed by atoms with Crippen molar-refractivity contribution in [2.45, 2.75) is 63.5 Å². The van der Waals surface area contributed by atoms with Crippen LogP contribution in [0.5, 0.6) is 0 Å². The van der Waals surface area contributed by atoms with E-state index in [1.54, 1.807) is 0 Å². The fourth-order valence-corrected chi connectivity index (χ4v) is 3.86. The molecule has 2 aliphatic rings. The number of ether oxygens (including phenoxy) is 1. The number of hydrogen-bond donors (Lipinski definition) is 1. The summed E-state index contributed by atoms with van der Waals surface area (Å²) in [7, 11) is 0. The molecule has 0 unspecified atom stereocenters. The largest absolute Gasteiger partial charge is 0.377 e. The molecular weight excluding hydrogens is 258 g/mol. The van der Waals surface area contributed by atoms with Crippen LogP contribution in [0.3, 0.4) is 0 Å². The summed E-state index contributed by atoms with van der Waals surface area (Å²) in [5.74, 6) is 1.51. The van der Waals surface area contributed by atoms with Gasteiger partial charge in [-0.25, -0.2) is 0 Å². The molecule has 0 bridgehead atoms. The normalized spacial score (nSPS) is 33.8. The van der Waals surface area contributed by atoms with Crippen LogP contribution in [0.25, 0.3) is 0 Å². The highest BCUT2D eigenvalue weighted by Gasteiger charge is 2.25. The van der Waals surface area contributed by atoms with Crippen LogP contribution in [-0.4, -0.2) is 25.3 Å². The lowest BCUT2D eigenvalue weighted by Crippen LogP contribution is -2.44. The number of nitrogens with one attached hydrogen (secondary N) is 1. The zero-order valence-electron chi connectivity index (χ0n) is 13.3. The van der Waals surface area contributed by atoms with Gasteiger partial charge in [-0.05, 0) is 62.5 Å². The smallest absolute Gasteiger partial charge is 0.0625 e. The minimum absolute atomic E-state index is 0.487. The fourth-order valence-electron chi connectivity index (χ4n) is 3.86. The van der Waals surface area contributed by atoms with E-state index in [9.17, 15) is 0 Å². The molecule has 1 aliphatic carbocycles. The van der Waals surface area contributed by atoms with Crippen molar-refractivity contribution < 1.29 is 4.74 Å². The molecule has 2 fully saturated rings. The zero-order chi connectivity index (χ0) is 14.5. The molecular formula is C19H29NO. The van der Waals surface area contributed by atoms with Gasteiger partial charge >= 0.3 is 0 Å². The maximum Gasteiger partial charge on any atom is 0.0625 e. The summed E-state index contributed by atoms with van der Waals surface area (Å²) < 4.78 is 6.21. The van der Waals surface area contributed by atoms with Crippen LogP contribution in [0.15, 0.2) is 30.3 Å². The highest BCUT2D eigenvalue weighted by atomic mass is 16.5. The molecule has 1 heterocycles. The third-order valence-corrected chi connectivity index (χ3v) is 5.39. The van der Waals surface area contributed by atoms with Crippen molar-refractivity contribution in [2.24, 2.45) is 5.92 Å². The Balaban J connectivity index is 1.41. The van der Waals surface area contributed by atoms with Crippen molar-refractivity contribution in [2.75, 3.05) is 13.2 Å². The van der Waals surface area contributed by atoms with Gasteiger partial charge in [0, 0.05) is 6.04 Å². The third kappa shape index (κ3) is 4.08. The van der Waals surface area contributed by atoms with Gasteiger partial charge in [0.05, 0.1) is 12.7 Å². The Morgan fingerprint density at radius 1 is 1.05 bits per heavy atom. The third-order valence-electron chi connectivity index (χ3n) is 5.39. The molecule has 1 aromatic rings. The average molecular weight is 287 g/mol. The Bertz CT molecular complexity index is 411. The summed E-state index contributed by atoms with van der Waals surface area (Å²) in [5.41, 5.74) is 1.51. The first kappa shape index (κ1) is 15.1. The molecule has 3 rings (SSSR count). The van der Waals surface area contributed by atoms with Crippen LogP contribution in [0.4, 0.5) is 0 Å². The second-order valence-corrected chi connectivity index (χ2v) is 6.90. The van der Waals surface area contributed by atoms with Crippen molar-refractivity contribution in [3.63, 3.8) is 0 Å². The predicted molar refractivity (Wildman–Crippen MR) is 87.6 cm³/mol. The summed E-state index contributed by atoms with van der Waals surface area (Å²) in [6.07, 6.45) is 8.16. The van der Waals surface area contributed by atoms with Gasteiger partial charge in [0.25, 0.3) is 0 Å². The molecule has 1 saturated carbocycles. The molecule has 2 atom stereocenters. The van der Waals surface area contributed by atoms with Gasteiger partial charge in [-0.2, -0.15) is 0 Å². The van der Waals surface area contributed by atoms with E-state index in [2.05, 4.69) is 42.6 Å². The van der Waals surface area contributed by atoms with Gasteiger partial charge in [0.15, 0.2) is 0 Å². The monoisotopic (exact) mass is 287 g/mol. The van der Waals surface area contributed by atoms with Crippen LogP contribution in [0.1, 0.15) is 56.9 Å². The molecule has 1 aromatic carbocycles. The van der Waals surface area contributed by atoms with E-state index >= 15 is 0 Å². The molecule has 1 N–H and O–H groups in total. The molecule has 0 spiro atoms. The average Bonchev–Trinajstić information content (AvgIpc) is 2.55. The Kier molecular flexibility index (Phi) is 5.32. The number of piperidine rings is 1. The Labute approximate surface area is 129 Å². The molecule has 2 nitrogen and oxygen atoms in total. The summed E-state index contributed by atoms with van der Waals surface area (Å²) >= 11 is 0. The first-order chi connectivity index (χ1) is 10.3. The van der Waals surface area contributed by atoms with Gasteiger partial charge in [-0.3, -0.25) is 0 Å².